The van der Waals surface area contributed by atoms with Crippen LogP contribution in [-0.4, -0.2) is 17.3 Å². The maximum Gasteiger partial charge on any atom is 0.346 e. The number of hydrogen-bond acceptors (Lipinski definition) is 4. The zero-order chi connectivity index (χ0) is 7.56. The molecule has 0 bridgehead atoms. The van der Waals surface area contributed by atoms with Crippen molar-refractivity contribution in [3.63, 3.8) is 0 Å². The first-order valence-corrected chi connectivity index (χ1v) is 2.84. The molecule has 1 rings (SSSR count). The largest absolute Gasteiger partial charge is 0.358 e. The van der Waals surface area contributed by atoms with Crippen LogP contribution in [0.1, 0.15) is 0 Å². The third-order valence-corrected chi connectivity index (χ3v) is 1.30. The van der Waals surface area contributed by atoms with Gasteiger partial charge in [-0.15, -0.1) is 0 Å². The lowest BCUT2D eigenvalue weighted by molar-refractivity contribution is -0.355. The summed E-state index contributed by atoms with van der Waals surface area (Å²) in [5, 5.41) is 10.2. The van der Waals surface area contributed by atoms with Gasteiger partial charge in [0.25, 0.3) is 0 Å². The SMILES string of the molecule is NCC1C=CN=C1[N+](=O)[O-]. The summed E-state index contributed by atoms with van der Waals surface area (Å²) in [5.41, 5.74) is 5.23. The molecular weight excluding hydrogens is 134 g/mol. The second kappa shape index (κ2) is 2.57. The lowest BCUT2D eigenvalue weighted by atomic mass is 10.1. The number of aliphatic imine (C=N–C) groups is 1. The summed E-state index contributed by atoms with van der Waals surface area (Å²) in [6.07, 6.45) is 3.04. The molecule has 0 aliphatic carbocycles. The predicted molar refractivity (Wildman–Crippen MR) is 36.1 cm³/mol. The fourth-order valence-corrected chi connectivity index (χ4v) is 0.772. The van der Waals surface area contributed by atoms with E-state index < -0.39 is 4.92 Å². The number of nitro groups is 1. The smallest absolute Gasteiger partial charge is 0.346 e. The summed E-state index contributed by atoms with van der Waals surface area (Å²) >= 11 is 0. The third-order valence-electron chi connectivity index (χ3n) is 1.30. The van der Waals surface area contributed by atoms with Crippen molar-refractivity contribution in [2.45, 2.75) is 0 Å². The number of rotatable bonds is 1. The molecule has 0 fully saturated rings. The van der Waals surface area contributed by atoms with E-state index in [2.05, 4.69) is 4.99 Å². The first-order valence-electron chi connectivity index (χ1n) is 2.84. The van der Waals surface area contributed by atoms with Gasteiger partial charge in [-0.25, -0.2) is 0 Å². The molecule has 1 heterocycles. The van der Waals surface area contributed by atoms with Gasteiger partial charge < -0.3 is 15.8 Å². The molecule has 2 N–H and O–H groups in total. The Morgan fingerprint density at radius 1 is 1.90 bits per heavy atom. The van der Waals surface area contributed by atoms with Gasteiger partial charge in [0, 0.05) is 6.54 Å². The van der Waals surface area contributed by atoms with E-state index in [0.717, 1.165) is 0 Å². The van der Waals surface area contributed by atoms with E-state index in [1.807, 2.05) is 0 Å². The molecule has 1 aliphatic heterocycles. The van der Waals surface area contributed by atoms with Crippen LogP contribution in [0.4, 0.5) is 0 Å². The molecule has 5 nitrogen and oxygen atoms in total. The van der Waals surface area contributed by atoms with Crippen molar-refractivity contribution in [1.29, 1.82) is 0 Å². The lowest BCUT2D eigenvalue weighted by Crippen LogP contribution is -2.25. The van der Waals surface area contributed by atoms with Gasteiger partial charge in [-0.1, -0.05) is 4.99 Å². The molecule has 0 amide bonds. The van der Waals surface area contributed by atoms with Crippen molar-refractivity contribution in [3.05, 3.63) is 22.4 Å². The van der Waals surface area contributed by atoms with Gasteiger partial charge in [-0.2, -0.15) is 0 Å². The van der Waals surface area contributed by atoms with Crippen LogP contribution in [-0.2, 0) is 0 Å². The molecule has 0 spiro atoms. The Morgan fingerprint density at radius 3 is 3.00 bits per heavy atom. The van der Waals surface area contributed by atoms with E-state index in [1.54, 1.807) is 6.08 Å². The summed E-state index contributed by atoms with van der Waals surface area (Å²) in [5.74, 6) is -0.350. The summed E-state index contributed by atoms with van der Waals surface area (Å²) < 4.78 is 0. The Hall–Kier alpha value is -1.23. The maximum atomic E-state index is 10.2. The molecule has 0 aromatic carbocycles. The Labute approximate surface area is 57.4 Å². The predicted octanol–water partition coefficient (Wildman–Crippen LogP) is -0.236. The Kier molecular flexibility index (Phi) is 1.77. The Morgan fingerprint density at radius 2 is 2.60 bits per heavy atom. The zero-order valence-electron chi connectivity index (χ0n) is 5.23. The molecule has 0 radical (unpaired) electrons. The third kappa shape index (κ3) is 1.03. The second-order valence-corrected chi connectivity index (χ2v) is 1.93. The number of amidine groups is 1. The normalized spacial score (nSPS) is 22.9. The molecule has 1 aliphatic rings. The molecular formula is C5H7N3O2. The van der Waals surface area contributed by atoms with Crippen molar-refractivity contribution in [3.8, 4) is 0 Å². The molecule has 1 atom stereocenters. The summed E-state index contributed by atoms with van der Waals surface area (Å²) in [7, 11) is 0. The van der Waals surface area contributed by atoms with Gasteiger partial charge in [0.15, 0.2) is 0 Å². The van der Waals surface area contributed by atoms with E-state index >= 15 is 0 Å². The van der Waals surface area contributed by atoms with E-state index in [0.29, 0.717) is 0 Å². The fourth-order valence-electron chi connectivity index (χ4n) is 0.772. The molecule has 10 heavy (non-hydrogen) atoms. The van der Waals surface area contributed by atoms with Crippen molar-refractivity contribution in [1.82, 2.24) is 0 Å². The minimum atomic E-state index is -0.502. The zero-order valence-corrected chi connectivity index (χ0v) is 5.23. The molecule has 1 unspecified atom stereocenters. The summed E-state index contributed by atoms with van der Waals surface area (Å²) in [6.45, 7) is 0.246. The van der Waals surface area contributed by atoms with Crippen molar-refractivity contribution in [2.24, 2.45) is 16.6 Å². The first kappa shape index (κ1) is 6.88. The van der Waals surface area contributed by atoms with Crippen molar-refractivity contribution in [2.75, 3.05) is 6.54 Å². The van der Waals surface area contributed by atoms with Crippen LogP contribution in [0, 0.1) is 16.0 Å². The van der Waals surface area contributed by atoms with Crippen LogP contribution < -0.4 is 5.73 Å². The first-order chi connectivity index (χ1) is 4.75. The van der Waals surface area contributed by atoms with Gasteiger partial charge in [-0.05, 0) is 11.0 Å². The van der Waals surface area contributed by atoms with Gasteiger partial charge >= 0.3 is 5.84 Å². The Balaban J connectivity index is 2.71. The van der Waals surface area contributed by atoms with E-state index in [-0.39, 0.29) is 18.3 Å². The van der Waals surface area contributed by atoms with Crippen LogP contribution in [0.25, 0.3) is 0 Å². The highest BCUT2D eigenvalue weighted by Gasteiger charge is 2.25. The van der Waals surface area contributed by atoms with E-state index in [4.69, 9.17) is 5.73 Å². The highest BCUT2D eigenvalue weighted by molar-refractivity contribution is 5.81. The lowest BCUT2D eigenvalue weighted by Gasteiger charge is -2.00. The summed E-state index contributed by atoms with van der Waals surface area (Å²) in [4.78, 5) is 13.2. The minimum Gasteiger partial charge on any atom is -0.358 e. The van der Waals surface area contributed by atoms with Crippen LogP contribution in [0.5, 0.6) is 0 Å². The monoisotopic (exact) mass is 141 g/mol. The number of hydrogen-bond donors (Lipinski definition) is 1. The number of nitrogens with two attached hydrogens (primary N) is 1. The van der Waals surface area contributed by atoms with Crippen LogP contribution in [0.3, 0.4) is 0 Å². The topological polar surface area (TPSA) is 81.5 Å². The van der Waals surface area contributed by atoms with Gasteiger partial charge in [0.1, 0.15) is 12.1 Å². The van der Waals surface area contributed by atoms with Gasteiger partial charge in [-0.3, -0.25) is 0 Å². The van der Waals surface area contributed by atoms with Crippen LogP contribution >= 0.6 is 0 Å². The second-order valence-electron chi connectivity index (χ2n) is 1.93. The standard InChI is InChI=1S/C5H7N3O2/c6-3-4-1-2-7-5(4)8(9)10/h1-2,4H,3,6H2. The average molecular weight is 141 g/mol. The van der Waals surface area contributed by atoms with Gasteiger partial charge in [0.2, 0.25) is 0 Å². The van der Waals surface area contributed by atoms with Crippen LogP contribution in [0.2, 0.25) is 0 Å². The van der Waals surface area contributed by atoms with E-state index in [1.165, 1.54) is 6.20 Å². The minimum absolute atomic E-state index is 0.0532. The molecule has 0 saturated carbocycles. The fraction of sp³-hybridized carbons (Fsp3) is 0.400. The molecule has 0 saturated heterocycles. The van der Waals surface area contributed by atoms with E-state index in [9.17, 15) is 10.1 Å². The molecule has 54 valence electrons. The molecule has 5 heteroatoms. The molecule has 0 aromatic rings. The maximum absolute atomic E-state index is 10.2. The number of nitrogens with zero attached hydrogens (tertiary/aromatic N) is 2. The quantitative estimate of drug-likeness (QED) is 0.404. The molecule has 0 aromatic heterocycles. The van der Waals surface area contributed by atoms with Gasteiger partial charge in [0.05, 0.1) is 0 Å². The Bertz CT molecular complexity index is 209. The highest BCUT2D eigenvalue weighted by atomic mass is 16.6. The van der Waals surface area contributed by atoms with Crippen LogP contribution in [0.15, 0.2) is 17.3 Å². The summed E-state index contributed by atoms with van der Waals surface area (Å²) in [6, 6.07) is 0. The average Bonchev–Trinajstić information content (AvgIpc) is 2.33. The highest BCUT2D eigenvalue weighted by Crippen LogP contribution is 2.08. The van der Waals surface area contributed by atoms with Crippen molar-refractivity contribution < 1.29 is 4.92 Å². The van der Waals surface area contributed by atoms with Crippen molar-refractivity contribution >= 4 is 5.84 Å².